The quantitative estimate of drug-likeness (QED) is 0.302. The van der Waals surface area contributed by atoms with Crippen molar-refractivity contribution in [1.29, 1.82) is 0 Å². The molecule has 0 radical (unpaired) electrons. The van der Waals surface area contributed by atoms with Gasteiger partial charge < -0.3 is 10.0 Å². The lowest BCUT2D eigenvalue weighted by molar-refractivity contribution is -0.385. The first-order valence-corrected chi connectivity index (χ1v) is 10.8. The Hall–Kier alpha value is -3.24. The topological polar surface area (TPSA) is 69.9 Å². The van der Waals surface area contributed by atoms with Crippen LogP contribution in [-0.4, -0.2) is 47.7 Å². The summed E-state index contributed by atoms with van der Waals surface area (Å²) in [5.41, 5.74) is -0.887. The number of nitrogens with zero attached hydrogens (tertiary/aromatic N) is 3. The molecule has 180 valence electrons. The second kappa shape index (κ2) is 9.55. The largest absolute Gasteiger partial charge is 0.418 e. The molecule has 1 aliphatic heterocycles. The van der Waals surface area contributed by atoms with Gasteiger partial charge in [0.05, 0.1) is 10.5 Å². The van der Waals surface area contributed by atoms with Crippen molar-refractivity contribution in [2.24, 2.45) is 0 Å². The summed E-state index contributed by atoms with van der Waals surface area (Å²) in [4.78, 5) is 13.8. The second-order valence-electron chi connectivity index (χ2n) is 8.19. The first-order valence-electron chi connectivity index (χ1n) is 10.8. The highest BCUT2D eigenvalue weighted by atomic mass is 19.4. The summed E-state index contributed by atoms with van der Waals surface area (Å²) in [5, 5.41) is 21.9. The van der Waals surface area contributed by atoms with Crippen molar-refractivity contribution in [3.63, 3.8) is 0 Å². The Bertz CT molecular complexity index is 1190. The molecule has 1 heterocycles. The number of hydrogen-bond acceptors (Lipinski definition) is 5. The molecule has 34 heavy (non-hydrogen) atoms. The summed E-state index contributed by atoms with van der Waals surface area (Å²) in [6, 6.07) is 12.7. The van der Waals surface area contributed by atoms with E-state index >= 15 is 0 Å². The van der Waals surface area contributed by atoms with Gasteiger partial charge in [0.1, 0.15) is 5.82 Å². The van der Waals surface area contributed by atoms with Crippen molar-refractivity contribution in [3.05, 3.63) is 81.7 Å². The number of aliphatic hydroxyl groups excluding tert-OH is 1. The molecule has 1 aliphatic rings. The van der Waals surface area contributed by atoms with E-state index in [0.717, 1.165) is 23.1 Å². The molecule has 3 aromatic rings. The van der Waals surface area contributed by atoms with Crippen LogP contribution in [0.5, 0.6) is 0 Å². The number of fused-ring (bicyclic) bond motifs is 1. The van der Waals surface area contributed by atoms with Crippen LogP contribution >= 0.6 is 0 Å². The zero-order valence-electron chi connectivity index (χ0n) is 18.1. The molecule has 0 bridgehead atoms. The van der Waals surface area contributed by atoms with Gasteiger partial charge in [0.25, 0.3) is 5.69 Å². The molecule has 1 atom stereocenters. The van der Waals surface area contributed by atoms with Gasteiger partial charge in [-0.1, -0.05) is 30.3 Å². The number of non-ortho nitro benzene ring substituents is 1. The van der Waals surface area contributed by atoms with Crippen molar-refractivity contribution < 1.29 is 27.6 Å². The number of nitro benzene ring substituents is 1. The predicted octanol–water partition coefficient (Wildman–Crippen LogP) is 5.15. The summed E-state index contributed by atoms with van der Waals surface area (Å²) < 4.78 is 55.2. The highest BCUT2D eigenvalue weighted by Crippen LogP contribution is 2.40. The van der Waals surface area contributed by atoms with Crippen LogP contribution in [0.2, 0.25) is 0 Å². The average Bonchev–Trinajstić information content (AvgIpc) is 2.82. The predicted molar refractivity (Wildman–Crippen MR) is 120 cm³/mol. The van der Waals surface area contributed by atoms with Gasteiger partial charge in [-0.05, 0) is 29.5 Å². The zero-order valence-corrected chi connectivity index (χ0v) is 18.1. The minimum absolute atomic E-state index is 0.0938. The van der Waals surface area contributed by atoms with Crippen LogP contribution in [0.4, 0.5) is 28.9 Å². The van der Waals surface area contributed by atoms with Crippen LogP contribution in [-0.2, 0) is 6.18 Å². The summed E-state index contributed by atoms with van der Waals surface area (Å²) >= 11 is 0. The maximum absolute atomic E-state index is 14.3. The molecule has 10 heteroatoms. The Morgan fingerprint density at radius 2 is 1.68 bits per heavy atom. The fraction of sp³-hybridized carbons (Fsp3) is 0.333. The fourth-order valence-corrected chi connectivity index (χ4v) is 4.65. The van der Waals surface area contributed by atoms with Crippen LogP contribution in [0.3, 0.4) is 0 Å². The lowest BCUT2D eigenvalue weighted by Crippen LogP contribution is -2.48. The molecule has 4 rings (SSSR count). The third-order valence-corrected chi connectivity index (χ3v) is 6.26. The molecule has 6 nitrogen and oxygen atoms in total. The number of alkyl halides is 3. The number of halogens is 4. The van der Waals surface area contributed by atoms with Gasteiger partial charge in [0.2, 0.25) is 0 Å². The van der Waals surface area contributed by atoms with E-state index in [1.54, 1.807) is 23.1 Å². The van der Waals surface area contributed by atoms with Gasteiger partial charge >= 0.3 is 6.18 Å². The maximum atomic E-state index is 14.3. The third kappa shape index (κ3) is 4.69. The third-order valence-electron chi connectivity index (χ3n) is 6.26. The van der Waals surface area contributed by atoms with E-state index in [1.807, 2.05) is 12.1 Å². The smallest absolute Gasteiger partial charge is 0.396 e. The lowest BCUT2D eigenvalue weighted by Gasteiger charge is -2.41. The van der Waals surface area contributed by atoms with Crippen LogP contribution < -0.4 is 4.90 Å². The second-order valence-corrected chi connectivity index (χ2v) is 8.19. The Kier molecular flexibility index (Phi) is 6.72. The van der Waals surface area contributed by atoms with Gasteiger partial charge in [-0.25, -0.2) is 4.39 Å². The Morgan fingerprint density at radius 3 is 2.29 bits per heavy atom. The molecule has 1 saturated heterocycles. The number of nitro groups is 1. The standard InChI is InChI=1S/C24H23F4N3O3/c25-21-7-6-19(17-3-1-2-4-18(17)21)22(9-14-32)29-10-12-30(13-11-29)23-8-5-16(31(33)34)15-20(23)24(26,27)28/h1-8,15,22,32H,9-14H2. The SMILES string of the molecule is O=[N+]([O-])c1ccc(N2CCN(C(CCO)c3ccc(F)c4ccccc34)CC2)c(C(F)(F)F)c1. The number of hydrogen-bond donors (Lipinski definition) is 1. The van der Waals surface area contributed by atoms with Gasteiger partial charge in [-0.15, -0.1) is 0 Å². The van der Waals surface area contributed by atoms with E-state index in [0.29, 0.717) is 31.0 Å². The molecule has 0 saturated carbocycles. The van der Waals surface area contributed by atoms with Crippen molar-refractivity contribution in [1.82, 2.24) is 4.90 Å². The maximum Gasteiger partial charge on any atom is 0.418 e. The zero-order chi connectivity index (χ0) is 24.5. The van der Waals surface area contributed by atoms with E-state index in [2.05, 4.69) is 4.90 Å². The van der Waals surface area contributed by atoms with Gasteiger partial charge in [-0.3, -0.25) is 15.0 Å². The van der Waals surface area contributed by atoms with Crippen LogP contribution in [0, 0.1) is 15.9 Å². The Balaban J connectivity index is 1.60. The normalized spacial score (nSPS) is 16.1. The minimum atomic E-state index is -4.73. The van der Waals surface area contributed by atoms with Gasteiger partial charge in [-0.2, -0.15) is 13.2 Å². The molecule has 3 aromatic carbocycles. The van der Waals surface area contributed by atoms with E-state index in [9.17, 15) is 32.8 Å². The van der Waals surface area contributed by atoms with Crippen LogP contribution in [0.15, 0.2) is 54.6 Å². The lowest BCUT2D eigenvalue weighted by atomic mass is 9.95. The first kappa shape index (κ1) is 23.9. The average molecular weight is 477 g/mol. The fourth-order valence-electron chi connectivity index (χ4n) is 4.65. The van der Waals surface area contributed by atoms with Crippen molar-refractivity contribution >= 4 is 22.1 Å². The molecule has 0 aliphatic carbocycles. The van der Waals surface area contributed by atoms with Gasteiger partial charge in [0, 0.05) is 62.0 Å². The van der Waals surface area contributed by atoms with Crippen molar-refractivity contribution in [3.8, 4) is 0 Å². The van der Waals surface area contributed by atoms with E-state index in [4.69, 9.17) is 0 Å². The molecule has 1 fully saturated rings. The summed E-state index contributed by atoms with van der Waals surface area (Å²) in [5.74, 6) is -0.343. The number of piperazine rings is 1. The molecule has 1 N–H and O–H groups in total. The van der Waals surface area contributed by atoms with Crippen LogP contribution in [0.1, 0.15) is 23.6 Å². The van der Waals surface area contributed by atoms with E-state index < -0.39 is 22.4 Å². The van der Waals surface area contributed by atoms with Gasteiger partial charge in [0.15, 0.2) is 0 Å². The molecule has 0 aromatic heterocycles. The summed E-state index contributed by atoms with van der Waals surface area (Å²) in [7, 11) is 0. The van der Waals surface area contributed by atoms with E-state index in [1.165, 1.54) is 6.07 Å². The Labute approximate surface area is 193 Å². The molecule has 1 unspecified atom stereocenters. The number of aliphatic hydroxyl groups is 1. The number of anilines is 1. The van der Waals surface area contributed by atoms with E-state index in [-0.39, 0.29) is 37.2 Å². The summed E-state index contributed by atoms with van der Waals surface area (Å²) in [6.45, 7) is 1.25. The number of benzene rings is 3. The molecule has 0 amide bonds. The molecular weight excluding hydrogens is 454 g/mol. The first-order chi connectivity index (χ1) is 16.2. The van der Waals surface area contributed by atoms with Crippen molar-refractivity contribution in [2.75, 3.05) is 37.7 Å². The van der Waals surface area contributed by atoms with Crippen LogP contribution in [0.25, 0.3) is 10.8 Å². The number of rotatable bonds is 6. The Morgan fingerprint density at radius 1 is 1.00 bits per heavy atom. The monoisotopic (exact) mass is 477 g/mol. The summed E-state index contributed by atoms with van der Waals surface area (Å²) in [6.07, 6.45) is -4.34. The molecular formula is C24H23F4N3O3. The molecule has 0 spiro atoms. The van der Waals surface area contributed by atoms with Crippen molar-refractivity contribution in [2.45, 2.75) is 18.6 Å². The highest BCUT2D eigenvalue weighted by Gasteiger charge is 2.37. The highest BCUT2D eigenvalue weighted by molar-refractivity contribution is 5.86. The minimum Gasteiger partial charge on any atom is -0.396 e.